The van der Waals surface area contributed by atoms with Gasteiger partial charge in [-0.15, -0.1) is 0 Å². The van der Waals surface area contributed by atoms with Crippen molar-refractivity contribution in [2.75, 3.05) is 0 Å². The van der Waals surface area contributed by atoms with Crippen LogP contribution in [0.15, 0.2) is 29.2 Å². The minimum atomic E-state index is -4.08. The van der Waals surface area contributed by atoms with Crippen molar-refractivity contribution in [2.45, 2.75) is 24.7 Å². The number of hydrogen-bond acceptors (Lipinski definition) is 2. The van der Waals surface area contributed by atoms with E-state index in [4.69, 9.17) is 4.55 Å². The molecule has 1 N–H and O–H groups in total. The number of hydrogen-bond donors (Lipinski definition) is 1. The fraction of sp³-hybridized carbons (Fsp3) is 0.333. The normalized spacial score (nSPS) is 11.1. The van der Waals surface area contributed by atoms with Gasteiger partial charge in [0.2, 0.25) is 0 Å². The van der Waals surface area contributed by atoms with E-state index in [1.165, 1.54) is 6.07 Å². The molecular weight excluding hydrogens is 227 g/mol. The van der Waals surface area contributed by atoms with E-state index in [0.717, 1.165) is 0 Å². The third-order valence-electron chi connectivity index (χ3n) is 1.82. The third kappa shape index (κ3) is 3.73. The van der Waals surface area contributed by atoms with Crippen molar-refractivity contribution < 1.29 is 13.0 Å². The molecule has 0 aromatic heterocycles. The van der Waals surface area contributed by atoms with Crippen LogP contribution in [0, 0.1) is 0 Å². The first-order chi connectivity index (χ1) is 5.93. The van der Waals surface area contributed by atoms with Gasteiger partial charge in [0.15, 0.2) is 0 Å². The van der Waals surface area contributed by atoms with Gasteiger partial charge in [0.05, 0.1) is 4.90 Å². The fourth-order valence-electron chi connectivity index (χ4n) is 1.19. The van der Waals surface area contributed by atoms with Crippen LogP contribution >= 0.6 is 0 Å². The van der Waals surface area contributed by atoms with Crippen molar-refractivity contribution in [1.29, 1.82) is 0 Å². The second-order valence-corrected chi connectivity index (χ2v) is 4.56. The van der Waals surface area contributed by atoms with Gasteiger partial charge in [0.25, 0.3) is 10.1 Å². The molecule has 0 aliphatic carbocycles. The number of rotatable bonds is 2. The molecule has 0 saturated carbocycles. The van der Waals surface area contributed by atoms with Gasteiger partial charge in [-0.2, -0.15) is 8.42 Å². The molecule has 0 aliphatic rings. The molecule has 5 heteroatoms. The Balaban J connectivity index is 0.00000169. The Morgan fingerprint density at radius 3 is 2.07 bits per heavy atom. The Morgan fingerprint density at radius 2 is 1.71 bits per heavy atom. The molecule has 0 fully saturated rings. The predicted octanol–water partition coefficient (Wildman–Crippen LogP) is 1.41. The average Bonchev–Trinajstić information content (AvgIpc) is 2.03. The van der Waals surface area contributed by atoms with E-state index in [-0.39, 0.29) is 62.2 Å². The van der Waals surface area contributed by atoms with E-state index in [2.05, 4.69) is 0 Å². The van der Waals surface area contributed by atoms with E-state index in [9.17, 15) is 8.42 Å². The topological polar surface area (TPSA) is 54.4 Å². The summed E-state index contributed by atoms with van der Waals surface area (Å²) in [5, 5.41) is 0. The van der Waals surface area contributed by atoms with Gasteiger partial charge in [-0.05, 0) is 17.5 Å². The summed E-state index contributed by atoms with van der Waals surface area (Å²) >= 11 is 0. The molecule has 0 radical (unpaired) electrons. The first kappa shape index (κ1) is 14.8. The zero-order valence-corrected chi connectivity index (χ0v) is 8.38. The van der Waals surface area contributed by atoms with Crippen LogP contribution in [0.25, 0.3) is 0 Å². The first-order valence-corrected chi connectivity index (χ1v) is 5.43. The molecule has 3 nitrogen and oxygen atoms in total. The van der Waals surface area contributed by atoms with Crippen LogP contribution in [0.2, 0.25) is 0 Å². The summed E-state index contributed by atoms with van der Waals surface area (Å²) in [7, 11) is -4.08. The second kappa shape index (κ2) is 5.74. The average molecular weight is 240 g/mol. The zero-order chi connectivity index (χ0) is 10.1. The Kier molecular flexibility index (Phi) is 6.06. The van der Waals surface area contributed by atoms with Crippen LogP contribution in [0.1, 0.15) is 25.3 Å². The van der Waals surface area contributed by atoms with Crippen LogP contribution < -0.4 is 0 Å². The molecule has 0 amide bonds. The third-order valence-corrected chi connectivity index (χ3v) is 2.75. The van der Waals surface area contributed by atoms with Crippen LogP contribution in [0.5, 0.6) is 0 Å². The summed E-state index contributed by atoms with van der Waals surface area (Å²) in [5.74, 6) is 0.0816. The molecule has 14 heavy (non-hydrogen) atoms. The van der Waals surface area contributed by atoms with Gasteiger partial charge in [0.1, 0.15) is 0 Å². The van der Waals surface area contributed by atoms with Crippen LogP contribution in [-0.2, 0) is 10.1 Å². The van der Waals surface area contributed by atoms with Gasteiger partial charge in [0, 0.05) is 0 Å². The monoisotopic (exact) mass is 240 g/mol. The summed E-state index contributed by atoms with van der Waals surface area (Å²) in [6.07, 6.45) is 0. The molecule has 74 valence electrons. The Hall–Kier alpha value is 0.766. The molecule has 1 aromatic rings. The van der Waals surface area contributed by atoms with Crippen molar-refractivity contribution in [3.63, 3.8) is 0 Å². The van der Waals surface area contributed by atoms with Gasteiger partial charge < -0.3 is 0 Å². The maximum atomic E-state index is 10.9. The molecule has 0 bridgehead atoms. The summed E-state index contributed by atoms with van der Waals surface area (Å²) < 4.78 is 30.7. The number of benzene rings is 1. The van der Waals surface area contributed by atoms with Crippen molar-refractivity contribution in [2.24, 2.45) is 0 Å². The van der Waals surface area contributed by atoms with Gasteiger partial charge >= 0.3 is 51.4 Å². The van der Waals surface area contributed by atoms with Crippen molar-refractivity contribution >= 4 is 61.5 Å². The zero-order valence-electron chi connectivity index (χ0n) is 7.56. The van der Waals surface area contributed by atoms with E-state index in [0.29, 0.717) is 5.56 Å². The summed E-state index contributed by atoms with van der Waals surface area (Å²) in [6.45, 7) is 3.76. The molecule has 0 spiro atoms. The predicted molar refractivity (Wildman–Crippen MR) is 57.5 cm³/mol. The van der Waals surface area contributed by atoms with Crippen LogP contribution in [0.3, 0.4) is 0 Å². The summed E-state index contributed by atoms with van der Waals surface area (Å²) in [5.41, 5.74) is 0.644. The van der Waals surface area contributed by atoms with Gasteiger partial charge in [-0.3, -0.25) is 4.55 Å². The van der Waals surface area contributed by atoms with Crippen LogP contribution in [-0.4, -0.2) is 64.4 Å². The second-order valence-electron chi connectivity index (χ2n) is 3.17. The molecule has 1 aromatic carbocycles. The Bertz CT molecular complexity index is 398. The molecular formula is C9H13KO3S. The van der Waals surface area contributed by atoms with E-state index in [1.54, 1.807) is 18.2 Å². The molecule has 0 unspecified atom stereocenters. The van der Waals surface area contributed by atoms with Gasteiger partial charge in [-0.1, -0.05) is 32.0 Å². The molecule has 0 aliphatic heterocycles. The summed E-state index contributed by atoms with van der Waals surface area (Å²) in [4.78, 5) is 0.00463. The quantitative estimate of drug-likeness (QED) is 0.628. The Labute approximate surface area is 127 Å². The van der Waals surface area contributed by atoms with Crippen molar-refractivity contribution in [3.05, 3.63) is 29.8 Å². The molecule has 0 atom stereocenters. The van der Waals surface area contributed by atoms with Crippen molar-refractivity contribution in [1.82, 2.24) is 0 Å². The molecule has 1 rings (SSSR count). The van der Waals surface area contributed by atoms with E-state index < -0.39 is 10.1 Å². The SMILES string of the molecule is CC(C)c1ccccc1S(=O)(=O)O.[KH]. The standard InChI is InChI=1S/C9H12O3S.K.H/c1-7(2)8-5-3-4-6-9(8)13(10,11)12;;/h3-7H,1-2H3,(H,10,11,12);;. The fourth-order valence-corrected chi connectivity index (χ4v) is 2.04. The Morgan fingerprint density at radius 1 is 1.21 bits per heavy atom. The first-order valence-electron chi connectivity index (χ1n) is 3.99. The van der Waals surface area contributed by atoms with E-state index in [1.807, 2.05) is 13.8 Å². The van der Waals surface area contributed by atoms with E-state index >= 15 is 0 Å². The maximum absolute atomic E-state index is 10.9. The van der Waals surface area contributed by atoms with Crippen LogP contribution in [0.4, 0.5) is 0 Å². The molecule has 0 saturated heterocycles. The van der Waals surface area contributed by atoms with Crippen molar-refractivity contribution in [3.8, 4) is 0 Å². The van der Waals surface area contributed by atoms with Gasteiger partial charge in [-0.25, -0.2) is 0 Å². The molecule has 0 heterocycles. The minimum absolute atomic E-state index is 0. The summed E-state index contributed by atoms with van der Waals surface area (Å²) in [6, 6.07) is 6.46.